The summed E-state index contributed by atoms with van der Waals surface area (Å²) in [7, 11) is 1.37. The van der Waals surface area contributed by atoms with Crippen LogP contribution in [0.5, 0.6) is 0 Å². The van der Waals surface area contributed by atoms with E-state index < -0.39 is 0 Å². The van der Waals surface area contributed by atoms with Gasteiger partial charge in [-0.2, -0.15) is 0 Å². The Labute approximate surface area is 88.1 Å². The van der Waals surface area contributed by atoms with Crippen LogP contribution in [0.4, 0.5) is 0 Å². The minimum Gasteiger partial charge on any atom is -0.465 e. The number of rotatable bonds is 3. The minimum atomic E-state index is -0.333. The molecule has 0 saturated carbocycles. The number of hydrogen-bond acceptors (Lipinski definition) is 2. The summed E-state index contributed by atoms with van der Waals surface area (Å²) in [5, 5.41) is 0. The van der Waals surface area contributed by atoms with E-state index >= 15 is 0 Å². The molecule has 0 fully saturated rings. The smallest absolute Gasteiger partial charge is 0.338 e. The van der Waals surface area contributed by atoms with E-state index in [1.807, 2.05) is 12.1 Å². The Morgan fingerprint density at radius 1 is 1.50 bits per heavy atom. The molecule has 1 rings (SSSR count). The van der Waals surface area contributed by atoms with Gasteiger partial charge in [0, 0.05) is 5.88 Å². The minimum absolute atomic E-state index is 0.333. The zero-order valence-electron chi connectivity index (χ0n) is 7.87. The number of allylic oxidation sites excluding steroid dienone is 1. The Morgan fingerprint density at radius 3 is 2.86 bits per heavy atom. The topological polar surface area (TPSA) is 26.3 Å². The van der Waals surface area contributed by atoms with Crippen molar-refractivity contribution in [1.82, 2.24) is 0 Å². The maximum atomic E-state index is 11.3. The van der Waals surface area contributed by atoms with E-state index in [4.69, 9.17) is 11.6 Å². The van der Waals surface area contributed by atoms with Crippen molar-refractivity contribution in [3.63, 3.8) is 0 Å². The second-order valence-electron chi connectivity index (χ2n) is 2.64. The van der Waals surface area contributed by atoms with Crippen LogP contribution in [0, 0.1) is 0 Å². The predicted octanol–water partition coefficient (Wildman–Crippen LogP) is 2.73. The number of ether oxygens (including phenoxy) is 1. The summed E-state index contributed by atoms with van der Waals surface area (Å²) in [6, 6.07) is 7.22. The molecule has 14 heavy (non-hydrogen) atoms. The van der Waals surface area contributed by atoms with Gasteiger partial charge in [-0.1, -0.05) is 30.4 Å². The molecule has 3 heteroatoms. The quantitative estimate of drug-likeness (QED) is 0.567. The first-order chi connectivity index (χ1) is 6.79. The molecule has 2 nitrogen and oxygen atoms in total. The molecule has 74 valence electrons. The molecule has 0 atom stereocenters. The van der Waals surface area contributed by atoms with Crippen molar-refractivity contribution in [2.45, 2.75) is 0 Å². The lowest BCUT2D eigenvalue weighted by atomic mass is 10.1. The van der Waals surface area contributed by atoms with E-state index in [1.54, 1.807) is 24.3 Å². The molecule has 0 spiro atoms. The van der Waals surface area contributed by atoms with Crippen molar-refractivity contribution >= 4 is 23.6 Å². The zero-order chi connectivity index (χ0) is 10.4. The highest BCUT2D eigenvalue weighted by Gasteiger charge is 2.07. The van der Waals surface area contributed by atoms with Crippen LogP contribution < -0.4 is 0 Å². The van der Waals surface area contributed by atoms with E-state index in [1.165, 1.54) is 7.11 Å². The molecule has 0 heterocycles. The molecule has 0 amide bonds. The molecule has 0 aliphatic carbocycles. The van der Waals surface area contributed by atoms with Gasteiger partial charge >= 0.3 is 5.97 Å². The number of hydrogen-bond donors (Lipinski definition) is 0. The highest BCUT2D eigenvalue weighted by molar-refractivity contribution is 6.19. The number of carbonyl (C=O) groups is 1. The van der Waals surface area contributed by atoms with Crippen LogP contribution in [-0.4, -0.2) is 19.0 Å². The maximum absolute atomic E-state index is 11.3. The largest absolute Gasteiger partial charge is 0.465 e. The van der Waals surface area contributed by atoms with Gasteiger partial charge in [0.25, 0.3) is 0 Å². The Kier molecular flexibility index (Phi) is 4.20. The molecule has 0 radical (unpaired) electrons. The van der Waals surface area contributed by atoms with Crippen molar-refractivity contribution in [3.05, 3.63) is 41.5 Å². The molecule has 0 saturated heterocycles. The third-order valence-electron chi connectivity index (χ3n) is 1.75. The van der Waals surface area contributed by atoms with Crippen LogP contribution in [0.15, 0.2) is 30.3 Å². The number of carbonyl (C=O) groups excluding carboxylic acids is 1. The molecular formula is C11H11ClO2. The summed E-state index contributed by atoms with van der Waals surface area (Å²) in [4.78, 5) is 11.3. The summed E-state index contributed by atoms with van der Waals surface area (Å²) in [5.74, 6) is 0.0926. The number of halogens is 1. The first-order valence-corrected chi connectivity index (χ1v) is 4.73. The first kappa shape index (κ1) is 10.8. The number of esters is 1. The Balaban J connectivity index is 3.03. The summed E-state index contributed by atoms with van der Waals surface area (Å²) in [6.45, 7) is 0. The van der Waals surface area contributed by atoms with Crippen molar-refractivity contribution in [2.75, 3.05) is 13.0 Å². The zero-order valence-corrected chi connectivity index (χ0v) is 8.62. The van der Waals surface area contributed by atoms with Gasteiger partial charge in [0.1, 0.15) is 0 Å². The van der Waals surface area contributed by atoms with Crippen LogP contribution in [0.25, 0.3) is 6.08 Å². The van der Waals surface area contributed by atoms with Gasteiger partial charge in [-0.05, 0) is 11.6 Å². The number of benzene rings is 1. The van der Waals surface area contributed by atoms with Gasteiger partial charge in [-0.3, -0.25) is 0 Å². The highest BCUT2D eigenvalue weighted by Crippen LogP contribution is 2.11. The van der Waals surface area contributed by atoms with Gasteiger partial charge < -0.3 is 4.74 Å². The standard InChI is InChI=1S/C11H11ClO2/c1-14-11(13)10-7-3-2-5-9(10)6-4-8-12/h2-7H,8H2,1H3/b6-4+. The third-order valence-corrected chi connectivity index (χ3v) is 1.93. The second kappa shape index (κ2) is 5.45. The van der Waals surface area contributed by atoms with Gasteiger partial charge in [-0.15, -0.1) is 11.6 Å². The molecule has 0 bridgehead atoms. The van der Waals surface area contributed by atoms with E-state index in [-0.39, 0.29) is 5.97 Å². The fraction of sp³-hybridized carbons (Fsp3) is 0.182. The monoisotopic (exact) mass is 210 g/mol. The van der Waals surface area contributed by atoms with Crippen LogP contribution in [-0.2, 0) is 4.74 Å². The lowest BCUT2D eigenvalue weighted by Crippen LogP contribution is -2.03. The van der Waals surface area contributed by atoms with Gasteiger partial charge in [-0.25, -0.2) is 4.79 Å². The van der Waals surface area contributed by atoms with Gasteiger partial charge in [0.15, 0.2) is 0 Å². The summed E-state index contributed by atoms with van der Waals surface area (Å²) < 4.78 is 4.65. The molecular weight excluding hydrogens is 200 g/mol. The third kappa shape index (κ3) is 2.60. The van der Waals surface area contributed by atoms with Crippen molar-refractivity contribution in [3.8, 4) is 0 Å². The average Bonchev–Trinajstić information content (AvgIpc) is 2.25. The first-order valence-electron chi connectivity index (χ1n) is 4.19. The lowest BCUT2D eigenvalue weighted by Gasteiger charge is -2.02. The van der Waals surface area contributed by atoms with Crippen LogP contribution in [0.2, 0.25) is 0 Å². The summed E-state index contributed by atoms with van der Waals surface area (Å²) in [5.41, 5.74) is 1.37. The highest BCUT2D eigenvalue weighted by atomic mass is 35.5. The molecule has 0 aromatic heterocycles. The second-order valence-corrected chi connectivity index (χ2v) is 2.94. The van der Waals surface area contributed by atoms with Crippen molar-refractivity contribution in [2.24, 2.45) is 0 Å². The van der Waals surface area contributed by atoms with Crippen LogP contribution in [0.1, 0.15) is 15.9 Å². The fourth-order valence-electron chi connectivity index (χ4n) is 1.11. The Hall–Kier alpha value is -1.28. The lowest BCUT2D eigenvalue weighted by molar-refractivity contribution is 0.0600. The SMILES string of the molecule is COC(=O)c1ccccc1/C=C/CCl. The van der Waals surface area contributed by atoms with Crippen LogP contribution in [0.3, 0.4) is 0 Å². The molecule has 1 aromatic carbocycles. The van der Waals surface area contributed by atoms with Crippen molar-refractivity contribution < 1.29 is 9.53 Å². The Morgan fingerprint density at radius 2 is 2.21 bits per heavy atom. The van der Waals surface area contributed by atoms with Gasteiger partial charge in [0.2, 0.25) is 0 Å². The molecule has 1 aromatic rings. The van der Waals surface area contributed by atoms with Gasteiger partial charge in [0.05, 0.1) is 12.7 Å². The summed E-state index contributed by atoms with van der Waals surface area (Å²) in [6.07, 6.45) is 3.59. The molecule has 0 N–H and O–H groups in total. The van der Waals surface area contributed by atoms with E-state index in [0.29, 0.717) is 11.4 Å². The molecule has 0 aliphatic heterocycles. The van der Waals surface area contributed by atoms with Crippen molar-refractivity contribution in [1.29, 1.82) is 0 Å². The molecule has 0 aliphatic rings. The summed E-state index contributed by atoms with van der Waals surface area (Å²) >= 11 is 5.51. The maximum Gasteiger partial charge on any atom is 0.338 e. The fourth-order valence-corrected chi connectivity index (χ4v) is 1.20. The van der Waals surface area contributed by atoms with E-state index in [9.17, 15) is 4.79 Å². The average molecular weight is 211 g/mol. The Bertz CT molecular complexity index is 345. The van der Waals surface area contributed by atoms with E-state index in [2.05, 4.69) is 4.74 Å². The van der Waals surface area contributed by atoms with Crippen LogP contribution >= 0.6 is 11.6 Å². The number of methoxy groups -OCH3 is 1. The predicted molar refractivity (Wildman–Crippen MR) is 57.5 cm³/mol. The van der Waals surface area contributed by atoms with E-state index in [0.717, 1.165) is 5.56 Å². The number of alkyl halides is 1. The molecule has 0 unspecified atom stereocenters. The normalized spacial score (nSPS) is 10.4.